The van der Waals surface area contributed by atoms with Crippen LogP contribution in [-0.4, -0.2) is 32.8 Å². The molecule has 1 aliphatic carbocycles. The highest BCUT2D eigenvalue weighted by molar-refractivity contribution is 5.86. The number of hydrogen-bond acceptors (Lipinski definition) is 4. The number of aryl methyl sites for hydroxylation is 1. The lowest BCUT2D eigenvalue weighted by molar-refractivity contribution is -0.151. The summed E-state index contributed by atoms with van der Waals surface area (Å²) in [6.45, 7) is 15.4. The molecule has 0 amide bonds. The summed E-state index contributed by atoms with van der Waals surface area (Å²) in [5, 5.41) is 2.54. The van der Waals surface area contributed by atoms with Gasteiger partial charge in [0.1, 0.15) is 23.1 Å². The third-order valence-electron chi connectivity index (χ3n) is 4.38. The first kappa shape index (κ1) is 30.5. The van der Waals surface area contributed by atoms with Gasteiger partial charge in [-0.25, -0.2) is 19.3 Å². The summed E-state index contributed by atoms with van der Waals surface area (Å²) >= 11 is 0. The van der Waals surface area contributed by atoms with Gasteiger partial charge in [0.05, 0.1) is 11.2 Å². The lowest BCUT2D eigenvalue weighted by Gasteiger charge is -2.22. The van der Waals surface area contributed by atoms with E-state index in [0.717, 1.165) is 0 Å². The van der Waals surface area contributed by atoms with Crippen LogP contribution in [0.15, 0.2) is 30.4 Å². The molecule has 0 spiro atoms. The molecule has 8 heteroatoms. The van der Waals surface area contributed by atoms with E-state index in [2.05, 4.69) is 20.3 Å². The van der Waals surface area contributed by atoms with Gasteiger partial charge in [-0.2, -0.15) is 13.2 Å². The third-order valence-corrected chi connectivity index (χ3v) is 4.38. The maximum atomic E-state index is 13.5. The van der Waals surface area contributed by atoms with Gasteiger partial charge in [-0.1, -0.05) is 59.8 Å². The van der Waals surface area contributed by atoms with Gasteiger partial charge in [-0.05, 0) is 44.9 Å². The van der Waals surface area contributed by atoms with Gasteiger partial charge in [0.15, 0.2) is 5.82 Å². The van der Waals surface area contributed by atoms with Crippen LogP contribution in [0.2, 0.25) is 0 Å². The highest BCUT2D eigenvalue weighted by Crippen LogP contribution is 2.51. The Morgan fingerprint density at radius 2 is 1.64 bits per heavy atom. The molecule has 1 fully saturated rings. The first-order chi connectivity index (χ1) is 15.7. The van der Waals surface area contributed by atoms with E-state index in [0.29, 0.717) is 17.0 Å². The molecule has 0 aliphatic heterocycles. The molecular weight excluding hydrogens is 432 g/mol. The number of allylic oxidation sites excluding steroid dienone is 3. The van der Waals surface area contributed by atoms with Crippen LogP contribution in [0, 0.1) is 6.92 Å². The minimum atomic E-state index is -4.36. The smallest absolute Gasteiger partial charge is 0.354 e. The van der Waals surface area contributed by atoms with Crippen LogP contribution < -0.4 is 5.32 Å². The monoisotopic (exact) mass is 470 g/mol. The third kappa shape index (κ3) is 8.74. The van der Waals surface area contributed by atoms with Crippen molar-refractivity contribution in [3.63, 3.8) is 0 Å². The zero-order valence-corrected chi connectivity index (χ0v) is 21.0. The molecule has 4 nitrogen and oxygen atoms in total. The van der Waals surface area contributed by atoms with Crippen LogP contribution in [0.3, 0.4) is 0 Å². The number of halogens is 4. The van der Waals surface area contributed by atoms with Crippen LogP contribution in [0.25, 0.3) is 17.1 Å². The molecule has 3 rings (SSSR count). The summed E-state index contributed by atoms with van der Waals surface area (Å²) in [4.78, 5) is 12.7. The molecule has 0 aromatic carbocycles. The molecule has 2 heterocycles. The summed E-state index contributed by atoms with van der Waals surface area (Å²) in [7, 11) is 0. The Bertz CT molecular complexity index is 888. The Hall–Kier alpha value is -2.51. The molecule has 2 aromatic heterocycles. The number of rotatable bonds is 6. The number of hydrogen-bond donors (Lipinski definition) is 1. The standard InChI is InChI=1S/C19H20F4N4.3C2H6/c1-3-5-13(20)6-4-7-14-8-9-15-16(26-14)17(25-12(2)24-15)27-18(10-11-18)19(21,22)23;3*1-2/h3-5,7-9,13H,6,10-11H2,1-2H3,(H,24,25,27);3*1-2H3/b5-3-,7-4+;;;. The molecule has 0 bridgehead atoms. The van der Waals surface area contributed by atoms with Crippen LogP contribution in [0.5, 0.6) is 0 Å². The van der Waals surface area contributed by atoms with E-state index in [1.165, 1.54) is 6.08 Å². The van der Waals surface area contributed by atoms with Crippen molar-refractivity contribution < 1.29 is 17.6 Å². The summed E-state index contributed by atoms with van der Waals surface area (Å²) in [6.07, 6.45) is 1.11. The average molecular weight is 471 g/mol. The molecule has 1 N–H and O–H groups in total. The second-order valence-electron chi connectivity index (χ2n) is 6.61. The van der Waals surface area contributed by atoms with Crippen molar-refractivity contribution in [2.24, 2.45) is 0 Å². The van der Waals surface area contributed by atoms with E-state index in [-0.39, 0.29) is 30.6 Å². The molecule has 2 aromatic rings. The number of alkyl halides is 4. The Kier molecular flexibility index (Phi) is 13.5. The molecule has 1 unspecified atom stereocenters. The summed E-state index contributed by atoms with van der Waals surface area (Å²) in [5.74, 6) is 0.430. The fourth-order valence-electron chi connectivity index (χ4n) is 2.76. The summed E-state index contributed by atoms with van der Waals surface area (Å²) < 4.78 is 53.3. The van der Waals surface area contributed by atoms with Gasteiger partial charge < -0.3 is 5.32 Å². The fraction of sp³-hybridized carbons (Fsp3) is 0.560. The largest absolute Gasteiger partial charge is 0.411 e. The Balaban J connectivity index is 0.00000158. The predicted molar refractivity (Wildman–Crippen MR) is 131 cm³/mol. The quantitative estimate of drug-likeness (QED) is 0.341. The number of anilines is 1. The van der Waals surface area contributed by atoms with E-state index in [1.54, 1.807) is 44.2 Å². The lowest BCUT2D eigenvalue weighted by Crippen LogP contribution is -2.39. The zero-order valence-electron chi connectivity index (χ0n) is 21.0. The maximum absolute atomic E-state index is 13.5. The van der Waals surface area contributed by atoms with Crippen LogP contribution in [-0.2, 0) is 0 Å². The second kappa shape index (κ2) is 14.6. The van der Waals surface area contributed by atoms with Crippen molar-refractivity contribution >= 4 is 22.9 Å². The van der Waals surface area contributed by atoms with Gasteiger partial charge in [-0.15, -0.1) is 0 Å². The van der Waals surface area contributed by atoms with E-state index in [9.17, 15) is 17.6 Å². The van der Waals surface area contributed by atoms with Crippen LogP contribution in [0.4, 0.5) is 23.4 Å². The predicted octanol–water partition coefficient (Wildman–Crippen LogP) is 8.24. The number of pyridine rings is 1. The van der Waals surface area contributed by atoms with E-state index >= 15 is 0 Å². The number of nitrogens with zero attached hydrogens (tertiary/aromatic N) is 3. The first-order valence-corrected chi connectivity index (χ1v) is 11.7. The molecule has 1 atom stereocenters. The molecular formula is C25H38F4N4. The zero-order chi connectivity index (χ0) is 25.7. The van der Waals surface area contributed by atoms with Gasteiger partial charge in [-0.3, -0.25) is 0 Å². The second-order valence-corrected chi connectivity index (χ2v) is 6.61. The van der Waals surface area contributed by atoms with Crippen molar-refractivity contribution in [1.29, 1.82) is 0 Å². The summed E-state index contributed by atoms with van der Waals surface area (Å²) in [5.41, 5.74) is -0.717. The first-order valence-electron chi connectivity index (χ1n) is 11.7. The van der Waals surface area contributed by atoms with Crippen molar-refractivity contribution in [2.75, 3.05) is 5.32 Å². The van der Waals surface area contributed by atoms with Crippen LogP contribution in [0.1, 0.15) is 79.2 Å². The molecule has 0 radical (unpaired) electrons. The maximum Gasteiger partial charge on any atom is 0.411 e. The SMILES string of the molecule is C/C=C\C(F)C/C=C/c1ccc2nc(C)nc(NC3(C(F)(F)F)CC3)c2n1.CC.CC.CC. The minimum Gasteiger partial charge on any atom is -0.354 e. The van der Waals surface area contributed by atoms with Gasteiger partial charge >= 0.3 is 6.18 Å². The van der Waals surface area contributed by atoms with E-state index < -0.39 is 17.9 Å². The van der Waals surface area contributed by atoms with E-state index in [1.807, 2.05) is 41.5 Å². The Morgan fingerprint density at radius 1 is 1.03 bits per heavy atom. The van der Waals surface area contributed by atoms with Crippen LogP contribution >= 0.6 is 0 Å². The molecule has 0 saturated heterocycles. The molecule has 1 aliphatic rings. The average Bonchev–Trinajstić information content (AvgIpc) is 3.59. The van der Waals surface area contributed by atoms with E-state index in [4.69, 9.17) is 0 Å². The van der Waals surface area contributed by atoms with Gasteiger partial charge in [0, 0.05) is 6.42 Å². The molecule has 33 heavy (non-hydrogen) atoms. The lowest BCUT2D eigenvalue weighted by atomic mass is 10.2. The normalized spacial score (nSPS) is 15.0. The highest BCUT2D eigenvalue weighted by atomic mass is 19.4. The van der Waals surface area contributed by atoms with Gasteiger partial charge in [0.2, 0.25) is 0 Å². The van der Waals surface area contributed by atoms with Gasteiger partial charge in [0.25, 0.3) is 0 Å². The Morgan fingerprint density at radius 3 is 2.15 bits per heavy atom. The number of nitrogens with one attached hydrogen (secondary N) is 1. The Labute approximate surface area is 195 Å². The molecule has 186 valence electrons. The minimum absolute atomic E-state index is 0.00344. The van der Waals surface area contributed by atoms with Crippen molar-refractivity contribution in [2.45, 2.75) is 92.5 Å². The van der Waals surface area contributed by atoms with Crippen molar-refractivity contribution in [1.82, 2.24) is 15.0 Å². The molecule has 1 saturated carbocycles. The number of aromatic nitrogens is 3. The summed E-state index contributed by atoms with van der Waals surface area (Å²) in [6, 6.07) is 3.36. The highest BCUT2D eigenvalue weighted by Gasteiger charge is 2.63. The topological polar surface area (TPSA) is 50.7 Å². The van der Waals surface area contributed by atoms with Crippen molar-refractivity contribution in [3.05, 3.63) is 41.9 Å². The van der Waals surface area contributed by atoms with Crippen molar-refractivity contribution in [3.8, 4) is 0 Å². The fourth-order valence-corrected chi connectivity index (χ4v) is 2.76. The number of fused-ring (bicyclic) bond motifs is 1.